The molecule has 0 bridgehead atoms. The Morgan fingerprint density at radius 3 is 2.39 bits per heavy atom. The van der Waals surface area contributed by atoms with E-state index in [0.29, 0.717) is 35.5 Å². The zero-order valence-corrected chi connectivity index (χ0v) is 25.6. The summed E-state index contributed by atoms with van der Waals surface area (Å²) in [5.41, 5.74) is 5.95. The first-order chi connectivity index (χ1) is 19.5. The molecule has 0 unspecified atom stereocenters. The van der Waals surface area contributed by atoms with E-state index in [1.54, 1.807) is 32.0 Å². The van der Waals surface area contributed by atoms with Gasteiger partial charge in [0.1, 0.15) is 11.5 Å². The first-order valence-electron chi connectivity index (χ1n) is 14.0. The number of hydrogen-bond donors (Lipinski definition) is 2. The molecule has 2 heterocycles. The van der Waals surface area contributed by atoms with Crippen LogP contribution in [0.2, 0.25) is 0 Å². The van der Waals surface area contributed by atoms with Crippen LogP contribution in [0.15, 0.2) is 51.9 Å². The van der Waals surface area contributed by atoms with Crippen molar-refractivity contribution >= 4 is 21.8 Å². The number of benzene rings is 2. The molecule has 0 aliphatic heterocycles. The summed E-state index contributed by atoms with van der Waals surface area (Å²) in [6, 6.07) is 12.9. The molecule has 4 rings (SSSR count). The van der Waals surface area contributed by atoms with Gasteiger partial charge in [-0.05, 0) is 70.2 Å². The van der Waals surface area contributed by atoms with Crippen molar-refractivity contribution in [3.63, 3.8) is 0 Å². The molecule has 218 valence electrons. The van der Waals surface area contributed by atoms with E-state index in [4.69, 9.17) is 9.51 Å². The molecule has 0 saturated heterocycles. The third-order valence-electron chi connectivity index (χ3n) is 7.04. The van der Waals surface area contributed by atoms with Gasteiger partial charge in [-0.3, -0.25) is 4.79 Å². The fraction of sp³-hybridized carbons (Fsp3) is 0.387. The smallest absolute Gasteiger partial charge is 0.270 e. The van der Waals surface area contributed by atoms with Gasteiger partial charge in [0.15, 0.2) is 0 Å². The molecular formula is C31H39N5O4S. The Labute approximate surface area is 242 Å². The predicted molar refractivity (Wildman–Crippen MR) is 161 cm³/mol. The molecule has 1 amide bonds. The summed E-state index contributed by atoms with van der Waals surface area (Å²) in [5, 5.41) is 6.88. The van der Waals surface area contributed by atoms with Gasteiger partial charge in [0.25, 0.3) is 15.9 Å². The molecule has 2 aromatic heterocycles. The van der Waals surface area contributed by atoms with Gasteiger partial charge in [0.05, 0.1) is 16.3 Å². The number of sulfonamides is 1. The van der Waals surface area contributed by atoms with Gasteiger partial charge in [0.2, 0.25) is 5.88 Å². The quantitative estimate of drug-likeness (QED) is 0.227. The molecule has 0 atom stereocenters. The van der Waals surface area contributed by atoms with Crippen LogP contribution >= 0.6 is 0 Å². The van der Waals surface area contributed by atoms with Crippen LogP contribution in [0.4, 0.5) is 5.88 Å². The fourth-order valence-electron chi connectivity index (χ4n) is 4.89. The molecule has 0 saturated carbocycles. The third-order valence-corrected chi connectivity index (χ3v) is 8.43. The van der Waals surface area contributed by atoms with Crippen molar-refractivity contribution in [3.05, 3.63) is 82.1 Å². The normalized spacial score (nSPS) is 11.7. The molecule has 0 fully saturated rings. The number of hydrogen-bond acceptors (Lipinski definition) is 6. The maximum absolute atomic E-state index is 13.4. The summed E-state index contributed by atoms with van der Waals surface area (Å²) in [5.74, 6) is 0.876. The summed E-state index contributed by atoms with van der Waals surface area (Å²) in [7, 11) is -3.95. The molecule has 4 aromatic rings. The lowest BCUT2D eigenvalue weighted by Crippen LogP contribution is -2.32. The zero-order chi connectivity index (χ0) is 29.9. The van der Waals surface area contributed by atoms with E-state index < -0.39 is 10.0 Å². The van der Waals surface area contributed by atoms with Crippen LogP contribution in [0, 0.1) is 20.8 Å². The van der Waals surface area contributed by atoms with Crippen molar-refractivity contribution in [2.24, 2.45) is 0 Å². The zero-order valence-electron chi connectivity index (χ0n) is 24.8. The minimum atomic E-state index is -3.95. The number of imidazole rings is 1. The molecule has 2 N–H and O–H groups in total. The Kier molecular flexibility index (Phi) is 9.01. The number of rotatable bonds is 11. The summed E-state index contributed by atoms with van der Waals surface area (Å²) >= 11 is 0. The highest BCUT2D eigenvalue weighted by Crippen LogP contribution is 2.32. The molecule has 0 spiro atoms. The summed E-state index contributed by atoms with van der Waals surface area (Å²) in [6.07, 6.45) is 2.34. The van der Waals surface area contributed by atoms with Gasteiger partial charge in [-0.25, -0.2) is 18.1 Å². The average molecular weight is 578 g/mol. The summed E-state index contributed by atoms with van der Waals surface area (Å²) in [4.78, 5) is 18.2. The summed E-state index contributed by atoms with van der Waals surface area (Å²) in [6.45, 7) is 14.0. The lowest BCUT2D eigenvalue weighted by atomic mass is 9.98. The van der Waals surface area contributed by atoms with Crippen molar-refractivity contribution < 1.29 is 17.7 Å². The van der Waals surface area contributed by atoms with Crippen LogP contribution in [0.25, 0.3) is 11.1 Å². The van der Waals surface area contributed by atoms with Crippen LogP contribution in [-0.2, 0) is 29.4 Å². The van der Waals surface area contributed by atoms with Crippen LogP contribution in [-0.4, -0.2) is 35.1 Å². The Balaban J connectivity index is 1.71. The lowest BCUT2D eigenvalue weighted by Gasteiger charge is -2.16. The highest BCUT2D eigenvalue weighted by atomic mass is 32.2. The Bertz CT molecular complexity index is 1670. The average Bonchev–Trinajstić information content (AvgIpc) is 3.42. The molecule has 0 radical (unpaired) electrons. The van der Waals surface area contributed by atoms with Gasteiger partial charge >= 0.3 is 0 Å². The van der Waals surface area contributed by atoms with E-state index in [-0.39, 0.29) is 22.7 Å². The Hall–Kier alpha value is -3.92. The summed E-state index contributed by atoms with van der Waals surface area (Å²) < 4.78 is 36.7. The van der Waals surface area contributed by atoms with Gasteiger partial charge in [-0.2, -0.15) is 0 Å². The van der Waals surface area contributed by atoms with Gasteiger partial charge in [-0.15, -0.1) is 0 Å². The Morgan fingerprint density at radius 1 is 1.05 bits per heavy atom. The van der Waals surface area contributed by atoms with Crippen molar-refractivity contribution in [2.75, 3.05) is 4.72 Å². The van der Waals surface area contributed by atoms with E-state index in [2.05, 4.69) is 22.1 Å². The first kappa shape index (κ1) is 30.0. The molecule has 10 heteroatoms. The van der Waals surface area contributed by atoms with Crippen LogP contribution < -0.4 is 10.0 Å². The van der Waals surface area contributed by atoms with Crippen molar-refractivity contribution in [2.45, 2.75) is 85.2 Å². The highest BCUT2D eigenvalue weighted by Gasteiger charge is 2.25. The number of amides is 1. The van der Waals surface area contributed by atoms with Crippen LogP contribution in [0.1, 0.15) is 78.5 Å². The van der Waals surface area contributed by atoms with Crippen molar-refractivity contribution in [1.82, 2.24) is 20.0 Å². The third kappa shape index (κ3) is 6.37. The molecule has 0 aliphatic rings. The highest BCUT2D eigenvalue weighted by molar-refractivity contribution is 7.92. The SMILES string of the molecule is CCCc1nc(CC)c(C(=O)NC(C)C)n1Cc1ccc(-c2ccccc2S(=O)(=O)Nc2onc(C)c2C)c(C)c1. The number of carbonyl (C=O) groups is 1. The number of anilines is 1. The number of nitrogens with zero attached hydrogens (tertiary/aromatic N) is 3. The number of nitrogens with one attached hydrogen (secondary N) is 2. The van der Waals surface area contributed by atoms with Gasteiger partial charge < -0.3 is 14.4 Å². The topological polar surface area (TPSA) is 119 Å². The van der Waals surface area contributed by atoms with Crippen LogP contribution in [0.5, 0.6) is 0 Å². The molecular weight excluding hydrogens is 538 g/mol. The first-order valence-corrected chi connectivity index (χ1v) is 15.5. The minimum Gasteiger partial charge on any atom is -0.349 e. The van der Waals surface area contributed by atoms with Gasteiger partial charge in [0, 0.05) is 30.1 Å². The largest absolute Gasteiger partial charge is 0.349 e. The van der Waals surface area contributed by atoms with Gasteiger partial charge in [-0.1, -0.05) is 55.4 Å². The number of aryl methyl sites for hydroxylation is 4. The number of carbonyl (C=O) groups excluding carboxylic acids is 1. The van der Waals surface area contributed by atoms with E-state index in [9.17, 15) is 13.2 Å². The van der Waals surface area contributed by atoms with E-state index in [1.165, 1.54) is 0 Å². The molecule has 0 aliphatic carbocycles. The van der Waals surface area contributed by atoms with E-state index in [0.717, 1.165) is 41.1 Å². The molecule has 9 nitrogen and oxygen atoms in total. The van der Waals surface area contributed by atoms with E-state index >= 15 is 0 Å². The van der Waals surface area contributed by atoms with Crippen LogP contribution in [0.3, 0.4) is 0 Å². The minimum absolute atomic E-state index is 0.00883. The van der Waals surface area contributed by atoms with E-state index in [1.807, 2.05) is 56.5 Å². The maximum Gasteiger partial charge on any atom is 0.270 e. The van der Waals surface area contributed by atoms with Crippen molar-refractivity contribution in [1.29, 1.82) is 0 Å². The Morgan fingerprint density at radius 2 is 1.78 bits per heavy atom. The fourth-order valence-corrected chi connectivity index (χ4v) is 6.16. The predicted octanol–water partition coefficient (Wildman–Crippen LogP) is 5.97. The van der Waals surface area contributed by atoms with Crippen molar-refractivity contribution in [3.8, 4) is 11.1 Å². The molecule has 41 heavy (non-hydrogen) atoms. The molecule has 2 aromatic carbocycles. The number of aromatic nitrogens is 3. The monoisotopic (exact) mass is 577 g/mol. The standard InChI is InChI=1S/C31H39N5O4S/c1-8-12-28-33-26(9-2)29(30(37)32-19(3)4)36(28)18-23-15-16-24(20(5)17-23)25-13-10-11-14-27(25)41(38,39)35-31-21(6)22(7)34-40-31/h10-11,13-17,19,35H,8-9,12,18H2,1-7H3,(H,32,37). The lowest BCUT2D eigenvalue weighted by molar-refractivity contribution is 0.0932. The second-order valence-electron chi connectivity index (χ2n) is 10.6. The second kappa shape index (κ2) is 12.3. The maximum atomic E-state index is 13.4. The second-order valence-corrected chi connectivity index (χ2v) is 12.3.